The van der Waals surface area contributed by atoms with Crippen LogP contribution in [0.4, 0.5) is 0 Å². The average molecular weight is 1340 g/mol. The summed E-state index contributed by atoms with van der Waals surface area (Å²) < 4.78 is 46.5. The van der Waals surface area contributed by atoms with Crippen molar-refractivity contribution < 1.29 is 114 Å². The van der Waals surface area contributed by atoms with Crippen molar-refractivity contribution in [3.8, 4) is 0 Å². The van der Waals surface area contributed by atoms with Gasteiger partial charge < -0.3 is 115 Å². The van der Waals surface area contributed by atoms with Crippen molar-refractivity contribution in [2.45, 2.75) is 374 Å². The lowest BCUT2D eigenvalue weighted by Gasteiger charge is -2.49. The lowest BCUT2D eigenvalue weighted by molar-refractivity contribution is -0.386. The van der Waals surface area contributed by atoms with E-state index in [1.165, 1.54) is 161 Å². The molecule has 25 nitrogen and oxygen atoms in total. The van der Waals surface area contributed by atoms with Crippen molar-refractivity contribution in [1.82, 2.24) is 10.6 Å². The molecule has 93 heavy (non-hydrogen) atoms. The molecule has 0 unspecified atom stereocenters. The van der Waals surface area contributed by atoms with E-state index >= 15 is 0 Å². The first-order chi connectivity index (χ1) is 45.0. The van der Waals surface area contributed by atoms with E-state index in [1.807, 2.05) is 6.08 Å². The minimum absolute atomic E-state index is 0.219. The zero-order valence-corrected chi connectivity index (χ0v) is 56.3. The molecule has 4 heterocycles. The molecule has 0 aromatic rings. The number of hydrogen-bond donors (Lipinski definition) is 15. The van der Waals surface area contributed by atoms with E-state index in [0.29, 0.717) is 12.8 Å². The van der Waals surface area contributed by atoms with Gasteiger partial charge in [0.15, 0.2) is 25.2 Å². The first kappa shape index (κ1) is 83.3. The second-order valence-corrected chi connectivity index (χ2v) is 26.4. The topological polar surface area (TPSA) is 395 Å². The molecule has 4 aliphatic heterocycles. The number of amides is 2. The van der Waals surface area contributed by atoms with Crippen molar-refractivity contribution in [3.05, 3.63) is 12.2 Å². The van der Waals surface area contributed by atoms with Crippen LogP contribution >= 0.6 is 0 Å². The van der Waals surface area contributed by atoms with Gasteiger partial charge >= 0.3 is 0 Å². The molecule has 25 heteroatoms. The summed E-state index contributed by atoms with van der Waals surface area (Å²) >= 11 is 0. The minimum Gasteiger partial charge on any atom is -0.394 e. The highest BCUT2D eigenvalue weighted by atomic mass is 16.8. The fourth-order valence-electron chi connectivity index (χ4n) is 12.8. The fourth-order valence-corrected chi connectivity index (χ4v) is 12.8. The van der Waals surface area contributed by atoms with Gasteiger partial charge in [0.05, 0.1) is 45.2 Å². The van der Waals surface area contributed by atoms with E-state index in [9.17, 15) is 76.0 Å². The number of nitrogens with one attached hydrogen (secondary N) is 2. The Labute approximate surface area is 553 Å². The lowest BCUT2D eigenvalue weighted by atomic mass is 9.95. The largest absolute Gasteiger partial charge is 0.394 e. The van der Waals surface area contributed by atoms with E-state index in [-0.39, 0.29) is 12.3 Å². The molecule has 546 valence electrons. The summed E-state index contributed by atoms with van der Waals surface area (Å²) in [5.74, 6) is -0.999. The van der Waals surface area contributed by atoms with E-state index in [2.05, 4.69) is 24.5 Å². The molecular weight excluding hydrogens is 1210 g/mol. The van der Waals surface area contributed by atoms with Crippen LogP contribution in [0.25, 0.3) is 0 Å². The Hall–Kier alpha value is -2.16. The van der Waals surface area contributed by atoms with Crippen LogP contribution in [0, 0.1) is 0 Å². The van der Waals surface area contributed by atoms with Crippen LogP contribution in [0.2, 0.25) is 0 Å². The third-order valence-electron chi connectivity index (χ3n) is 18.6. The number of unbranched alkanes of at least 4 members (excludes halogenated alkanes) is 31. The second-order valence-electron chi connectivity index (χ2n) is 26.4. The summed E-state index contributed by atoms with van der Waals surface area (Å²) in [4.78, 5) is 25.5. The molecule has 22 atom stereocenters. The van der Waals surface area contributed by atoms with Gasteiger partial charge in [-0.2, -0.15) is 0 Å². The zero-order valence-electron chi connectivity index (χ0n) is 56.3. The summed E-state index contributed by atoms with van der Waals surface area (Å²) in [6, 6.07) is -2.53. The summed E-state index contributed by atoms with van der Waals surface area (Å²) in [5.41, 5.74) is 0. The smallest absolute Gasteiger partial charge is 0.220 e. The highest BCUT2D eigenvalue weighted by Crippen LogP contribution is 2.35. The Morgan fingerprint density at radius 2 is 0.785 bits per heavy atom. The predicted molar refractivity (Wildman–Crippen MR) is 345 cm³/mol. The fraction of sp³-hybridized carbons (Fsp3) is 0.941. The second kappa shape index (κ2) is 48.6. The summed E-state index contributed by atoms with van der Waals surface area (Å²) in [6.07, 6.45) is 8.46. The molecule has 4 saturated heterocycles. The highest BCUT2D eigenvalue weighted by Gasteiger charge is 2.56. The summed E-state index contributed by atoms with van der Waals surface area (Å²) in [6.45, 7) is 1.65. The van der Waals surface area contributed by atoms with Crippen molar-refractivity contribution >= 4 is 11.8 Å². The number of carbonyl (C=O) groups is 2. The quantitative estimate of drug-likeness (QED) is 0.0301. The van der Waals surface area contributed by atoms with Crippen LogP contribution < -0.4 is 10.6 Å². The number of carbonyl (C=O) groups excluding carboxylic acids is 2. The van der Waals surface area contributed by atoms with Crippen LogP contribution in [0.5, 0.6) is 0 Å². The molecule has 4 fully saturated rings. The number of rotatable bonds is 51. The maximum atomic E-state index is 13.4. The van der Waals surface area contributed by atoms with Crippen LogP contribution in [-0.4, -0.2) is 246 Å². The minimum atomic E-state index is -2.10. The van der Waals surface area contributed by atoms with Gasteiger partial charge in [-0.3, -0.25) is 9.59 Å². The standard InChI is InChI=1S/C68H126N2O23/c1-4-6-8-10-12-14-16-18-19-20-21-22-23-24-25-27-29-31-33-35-37-39-52(77)70-46(47(76)38-36-34-32-30-28-26-17-15-13-11-9-7-5-2)44-86-66-59(83)57(81)62(50(42-73)89-66)91-67-60(84)58(82)63(51(43-74)90-67)92-68-61(85)64(55(79)49(41-72)88-68)93-65-53(69-45(3)75)56(80)54(78)48(40-71)87-65/h36,38,46-51,53-68,71-74,76,78-85H,4-35,37,39-44H2,1-3H3,(H,69,75)(H,70,77)/b38-36-/t46-,47+,48+,49+,50+,51+,53+,54+,55-,56+,57+,58+,59+,60+,61+,62+,63-,64-,65-,66+,67-,68+/m0/s1. The lowest BCUT2D eigenvalue weighted by Crippen LogP contribution is -2.69. The Bertz CT molecular complexity index is 1930. The number of hydrogen-bond acceptors (Lipinski definition) is 23. The molecule has 2 amide bonds. The molecule has 0 spiro atoms. The van der Waals surface area contributed by atoms with Crippen molar-refractivity contribution in [3.63, 3.8) is 0 Å². The first-order valence-electron chi connectivity index (χ1n) is 35.9. The van der Waals surface area contributed by atoms with Gasteiger partial charge in [-0.15, -0.1) is 0 Å². The van der Waals surface area contributed by atoms with Crippen molar-refractivity contribution in [1.29, 1.82) is 0 Å². The maximum absolute atomic E-state index is 13.4. The normalized spacial score (nSPS) is 32.4. The number of ether oxygens (including phenoxy) is 8. The Balaban J connectivity index is 1.29. The van der Waals surface area contributed by atoms with Crippen LogP contribution in [0.1, 0.15) is 239 Å². The molecule has 0 aliphatic carbocycles. The van der Waals surface area contributed by atoms with E-state index in [4.69, 9.17) is 37.9 Å². The van der Waals surface area contributed by atoms with Crippen LogP contribution in [0.3, 0.4) is 0 Å². The third-order valence-corrected chi connectivity index (χ3v) is 18.6. The van der Waals surface area contributed by atoms with Gasteiger partial charge in [0, 0.05) is 13.3 Å². The monoisotopic (exact) mass is 1340 g/mol. The van der Waals surface area contributed by atoms with Crippen LogP contribution in [-0.2, 0) is 47.5 Å². The van der Waals surface area contributed by atoms with Gasteiger partial charge in [0.25, 0.3) is 0 Å². The van der Waals surface area contributed by atoms with E-state index < -0.39 is 174 Å². The molecule has 0 aromatic carbocycles. The number of aliphatic hydroxyl groups is 13. The Morgan fingerprint density at radius 1 is 0.419 bits per heavy atom. The van der Waals surface area contributed by atoms with Gasteiger partial charge in [-0.25, -0.2) is 0 Å². The molecule has 4 rings (SSSR count). The molecule has 15 N–H and O–H groups in total. The molecule has 0 radical (unpaired) electrons. The number of aliphatic hydroxyl groups excluding tert-OH is 13. The predicted octanol–water partition coefficient (Wildman–Crippen LogP) is 4.12. The molecule has 0 saturated carbocycles. The van der Waals surface area contributed by atoms with Crippen LogP contribution in [0.15, 0.2) is 12.2 Å². The summed E-state index contributed by atoms with van der Waals surface area (Å²) in [5, 5.41) is 148. The molecule has 0 aromatic heterocycles. The molecule has 4 aliphatic rings. The highest BCUT2D eigenvalue weighted by molar-refractivity contribution is 5.76. The van der Waals surface area contributed by atoms with Gasteiger partial charge in [-0.1, -0.05) is 219 Å². The average Bonchev–Trinajstić information content (AvgIpc) is 1.36. The first-order valence-corrected chi connectivity index (χ1v) is 35.9. The van der Waals surface area contributed by atoms with Crippen molar-refractivity contribution in [2.24, 2.45) is 0 Å². The van der Waals surface area contributed by atoms with E-state index in [1.54, 1.807) is 6.08 Å². The third kappa shape index (κ3) is 29.7. The Morgan fingerprint density at radius 3 is 1.23 bits per heavy atom. The van der Waals surface area contributed by atoms with Gasteiger partial charge in [0.1, 0.15) is 97.6 Å². The maximum Gasteiger partial charge on any atom is 0.220 e. The zero-order chi connectivity index (χ0) is 67.9. The van der Waals surface area contributed by atoms with Crippen molar-refractivity contribution in [2.75, 3.05) is 33.0 Å². The Kier molecular flexibility index (Phi) is 43.5. The number of allylic oxidation sites excluding steroid dienone is 1. The van der Waals surface area contributed by atoms with Gasteiger partial charge in [0.2, 0.25) is 11.8 Å². The van der Waals surface area contributed by atoms with E-state index in [0.717, 1.165) is 45.4 Å². The SMILES string of the molecule is CCCCCCCCCCCCC/C=C\[C@@H](O)[C@H](CO[C@@H]1O[C@H](CO)[C@@H](O[C@@H]2O[C@H](CO)[C@H](O[C@H]3O[C@H](CO)[C@H](O)[C@H](O[C@@H]4O[C@H](CO)[C@@H](O)[C@H](O)[C@H]4NC(C)=O)[C@H]3O)[C@H](O)[C@H]2O)[C@H](O)[C@H]1O)NC(=O)CCCCCCCCCCCCCCCCCCCCCCC. The molecular formula is C68H126N2O23. The van der Waals surface area contributed by atoms with Gasteiger partial charge in [-0.05, 0) is 19.3 Å². The summed E-state index contributed by atoms with van der Waals surface area (Å²) in [7, 11) is 0. The molecule has 0 bridgehead atoms.